The Hall–Kier alpha value is -3.10. The predicted molar refractivity (Wildman–Crippen MR) is 102 cm³/mol. The molecule has 0 atom stereocenters. The van der Waals surface area contributed by atoms with Gasteiger partial charge in [-0.25, -0.2) is 9.97 Å². The molecule has 1 aromatic heterocycles. The fourth-order valence-corrected chi connectivity index (χ4v) is 3.15. The van der Waals surface area contributed by atoms with E-state index in [2.05, 4.69) is 15.3 Å². The Balaban J connectivity index is 1.53. The molecule has 6 nitrogen and oxygen atoms in total. The van der Waals surface area contributed by atoms with Crippen molar-refractivity contribution < 1.29 is 22.7 Å². The van der Waals surface area contributed by atoms with Crippen LogP contribution >= 0.6 is 0 Å². The second-order valence-corrected chi connectivity index (χ2v) is 6.60. The van der Waals surface area contributed by atoms with E-state index >= 15 is 0 Å². The Bertz CT molecular complexity index is 878. The van der Waals surface area contributed by atoms with Crippen molar-refractivity contribution in [2.24, 2.45) is 0 Å². The third-order valence-corrected chi connectivity index (χ3v) is 4.66. The van der Waals surface area contributed by atoms with Gasteiger partial charge >= 0.3 is 6.18 Å². The fourth-order valence-electron chi connectivity index (χ4n) is 3.15. The van der Waals surface area contributed by atoms with Crippen molar-refractivity contribution in [2.75, 3.05) is 25.1 Å². The van der Waals surface area contributed by atoms with Gasteiger partial charge in [-0.2, -0.15) is 13.2 Å². The molecule has 0 radical (unpaired) electrons. The third kappa shape index (κ3) is 5.46. The number of alkyl halides is 3. The lowest BCUT2D eigenvalue weighted by molar-refractivity contribution is -0.141. The molecule has 1 amide bonds. The number of hydrogen-bond donors (Lipinski definition) is 1. The minimum atomic E-state index is -4.50. The first kappa shape index (κ1) is 20.6. The van der Waals surface area contributed by atoms with E-state index in [9.17, 15) is 18.0 Å². The van der Waals surface area contributed by atoms with Crippen molar-refractivity contribution in [1.29, 1.82) is 0 Å². The molecule has 0 spiro atoms. The first-order valence-corrected chi connectivity index (χ1v) is 9.12. The van der Waals surface area contributed by atoms with Crippen LogP contribution in [0.3, 0.4) is 0 Å². The molecule has 0 saturated carbocycles. The predicted octanol–water partition coefficient (Wildman–Crippen LogP) is 3.30. The summed E-state index contributed by atoms with van der Waals surface area (Å²) >= 11 is 0. The summed E-state index contributed by atoms with van der Waals surface area (Å²) in [4.78, 5) is 21.2. The van der Waals surface area contributed by atoms with Gasteiger partial charge in [0.2, 0.25) is 5.91 Å². The molecule has 1 aliphatic rings. The highest BCUT2D eigenvalue weighted by Crippen LogP contribution is 2.29. The summed E-state index contributed by atoms with van der Waals surface area (Å²) in [7, 11) is 1.57. The lowest BCUT2D eigenvalue weighted by Gasteiger charge is -2.33. The van der Waals surface area contributed by atoms with Crippen LogP contribution in [0.4, 0.5) is 19.0 Å². The van der Waals surface area contributed by atoms with E-state index < -0.39 is 11.9 Å². The Morgan fingerprint density at radius 2 is 1.97 bits per heavy atom. The number of carbonyl (C=O) groups excluding carboxylic acids is 1. The summed E-state index contributed by atoms with van der Waals surface area (Å²) in [6, 6.07) is 8.26. The van der Waals surface area contributed by atoms with Gasteiger partial charge in [-0.15, -0.1) is 0 Å². The Morgan fingerprint density at radius 3 is 2.66 bits per heavy atom. The summed E-state index contributed by atoms with van der Waals surface area (Å²) in [6.07, 6.45) is 0.777. The molecule has 154 valence electrons. The van der Waals surface area contributed by atoms with Gasteiger partial charge in [0.15, 0.2) is 0 Å². The van der Waals surface area contributed by atoms with Crippen LogP contribution in [0, 0.1) is 0 Å². The SMILES string of the molecule is COc1ccccc1/C=C/C(=O)NC1CCN(c2cc(C(F)(F)F)ncn2)CC1. The maximum atomic E-state index is 12.8. The normalized spacial score (nSPS) is 15.5. The van der Waals surface area contributed by atoms with Gasteiger partial charge in [-0.3, -0.25) is 4.79 Å². The first-order chi connectivity index (χ1) is 13.9. The van der Waals surface area contributed by atoms with Gasteiger partial charge in [0.25, 0.3) is 0 Å². The Labute approximate surface area is 166 Å². The molecule has 3 rings (SSSR count). The quantitative estimate of drug-likeness (QED) is 0.772. The van der Waals surface area contributed by atoms with Crippen molar-refractivity contribution in [3.63, 3.8) is 0 Å². The highest BCUT2D eigenvalue weighted by molar-refractivity contribution is 5.92. The molecule has 0 aliphatic carbocycles. The van der Waals surface area contributed by atoms with Crippen molar-refractivity contribution in [3.8, 4) is 5.75 Å². The number of carbonyl (C=O) groups is 1. The molecule has 1 aromatic carbocycles. The van der Waals surface area contributed by atoms with Crippen LogP contribution < -0.4 is 15.0 Å². The van der Waals surface area contributed by atoms with Gasteiger partial charge in [-0.1, -0.05) is 18.2 Å². The second-order valence-electron chi connectivity index (χ2n) is 6.60. The van der Waals surface area contributed by atoms with Crippen LogP contribution in [-0.2, 0) is 11.0 Å². The van der Waals surface area contributed by atoms with Gasteiger partial charge in [0, 0.05) is 36.8 Å². The maximum absolute atomic E-state index is 12.8. The number of aromatic nitrogens is 2. The van der Waals surface area contributed by atoms with Crippen molar-refractivity contribution >= 4 is 17.8 Å². The molecular formula is C20H21F3N4O2. The highest BCUT2D eigenvalue weighted by atomic mass is 19.4. The molecule has 0 bridgehead atoms. The highest BCUT2D eigenvalue weighted by Gasteiger charge is 2.33. The number of ether oxygens (including phenoxy) is 1. The average Bonchev–Trinajstić information content (AvgIpc) is 2.72. The molecule has 2 aromatic rings. The zero-order valence-electron chi connectivity index (χ0n) is 15.8. The number of methoxy groups -OCH3 is 1. The molecular weight excluding hydrogens is 385 g/mol. The molecule has 1 fully saturated rings. The summed E-state index contributed by atoms with van der Waals surface area (Å²) in [5, 5.41) is 2.93. The number of halogens is 3. The largest absolute Gasteiger partial charge is 0.496 e. The van der Waals surface area contributed by atoms with Gasteiger partial charge in [0.05, 0.1) is 7.11 Å². The van der Waals surface area contributed by atoms with Crippen LogP contribution in [0.1, 0.15) is 24.1 Å². The zero-order valence-corrected chi connectivity index (χ0v) is 15.8. The lowest BCUT2D eigenvalue weighted by Crippen LogP contribution is -2.44. The van der Waals surface area contributed by atoms with E-state index in [1.807, 2.05) is 24.3 Å². The van der Waals surface area contributed by atoms with Gasteiger partial charge in [0.1, 0.15) is 23.6 Å². The van der Waals surface area contributed by atoms with Crippen LogP contribution in [-0.4, -0.2) is 42.1 Å². The monoisotopic (exact) mass is 406 g/mol. The Morgan fingerprint density at radius 1 is 1.24 bits per heavy atom. The van der Waals surface area contributed by atoms with Crippen molar-refractivity contribution in [3.05, 3.63) is 54.0 Å². The fraction of sp³-hybridized carbons (Fsp3) is 0.350. The van der Waals surface area contributed by atoms with E-state index in [0.29, 0.717) is 31.7 Å². The summed E-state index contributed by atoms with van der Waals surface area (Å²) < 4.78 is 43.7. The zero-order chi connectivity index (χ0) is 20.9. The van der Waals surface area contributed by atoms with Gasteiger partial charge in [-0.05, 0) is 25.0 Å². The van der Waals surface area contributed by atoms with Gasteiger partial charge < -0.3 is 15.0 Å². The number of para-hydroxylation sites is 1. The van der Waals surface area contributed by atoms with E-state index in [1.165, 1.54) is 6.08 Å². The van der Waals surface area contributed by atoms with Crippen LogP contribution in [0.2, 0.25) is 0 Å². The third-order valence-electron chi connectivity index (χ3n) is 4.66. The van der Waals surface area contributed by atoms with Crippen molar-refractivity contribution in [2.45, 2.75) is 25.1 Å². The number of amides is 1. The van der Waals surface area contributed by atoms with E-state index in [4.69, 9.17) is 4.74 Å². The molecule has 9 heteroatoms. The number of hydrogen-bond acceptors (Lipinski definition) is 5. The minimum Gasteiger partial charge on any atom is -0.496 e. The molecule has 29 heavy (non-hydrogen) atoms. The molecule has 2 heterocycles. The van der Waals surface area contributed by atoms with E-state index in [0.717, 1.165) is 18.0 Å². The van der Waals surface area contributed by atoms with E-state index in [1.54, 1.807) is 18.1 Å². The topological polar surface area (TPSA) is 67.3 Å². The number of nitrogens with zero attached hydrogens (tertiary/aromatic N) is 3. The van der Waals surface area contributed by atoms with Crippen molar-refractivity contribution in [1.82, 2.24) is 15.3 Å². The molecule has 0 unspecified atom stereocenters. The number of anilines is 1. The summed E-state index contributed by atoms with van der Waals surface area (Å²) in [6.45, 7) is 0.991. The average molecular weight is 406 g/mol. The lowest BCUT2D eigenvalue weighted by atomic mass is 10.0. The number of benzene rings is 1. The minimum absolute atomic E-state index is 0.0509. The molecule has 1 saturated heterocycles. The second kappa shape index (κ2) is 8.93. The van der Waals surface area contributed by atoms with Crippen LogP contribution in [0.5, 0.6) is 5.75 Å². The first-order valence-electron chi connectivity index (χ1n) is 9.12. The number of rotatable bonds is 5. The number of nitrogens with one attached hydrogen (secondary N) is 1. The molecule has 1 N–H and O–H groups in total. The summed E-state index contributed by atoms with van der Waals surface area (Å²) in [5.74, 6) is 0.692. The standard InChI is InChI=1S/C20H21F3N4O2/c1-29-16-5-3-2-4-14(16)6-7-19(28)26-15-8-10-27(11-9-15)18-12-17(20(21,22)23)24-13-25-18/h2-7,12-13,15H,8-11H2,1H3,(H,26,28)/b7-6+. The summed E-state index contributed by atoms with van der Waals surface area (Å²) in [5.41, 5.74) is -0.163. The number of piperidine rings is 1. The Kier molecular flexibility index (Phi) is 6.36. The van der Waals surface area contributed by atoms with Crippen LogP contribution in [0.15, 0.2) is 42.7 Å². The van der Waals surface area contributed by atoms with Crippen LogP contribution in [0.25, 0.3) is 6.08 Å². The maximum Gasteiger partial charge on any atom is 0.433 e. The van der Waals surface area contributed by atoms with E-state index in [-0.39, 0.29) is 17.8 Å². The molecule has 1 aliphatic heterocycles. The smallest absolute Gasteiger partial charge is 0.433 e.